The SMILES string of the molecule is C=C(C)C(=O)O.C=C(C)C(=O)O.C=C(C)C(=O)O.C=C(C)C(=O)OCCCO. The first-order valence-electron chi connectivity index (χ1n) is 7.71. The van der Waals surface area contributed by atoms with Gasteiger partial charge in [0.2, 0.25) is 0 Å². The number of carbonyl (C=O) groups excluding carboxylic acids is 1. The summed E-state index contributed by atoms with van der Waals surface area (Å²) in [6.07, 6.45) is 0.485. The number of esters is 1. The summed E-state index contributed by atoms with van der Waals surface area (Å²) >= 11 is 0. The summed E-state index contributed by atoms with van der Waals surface area (Å²) in [5.41, 5.74) is 0.915. The molecule has 0 radical (unpaired) electrons. The summed E-state index contributed by atoms with van der Waals surface area (Å²) in [5.74, 6) is -3.20. The second-order valence-corrected chi connectivity index (χ2v) is 5.25. The highest BCUT2D eigenvalue weighted by atomic mass is 16.5. The van der Waals surface area contributed by atoms with Crippen molar-refractivity contribution in [2.75, 3.05) is 13.2 Å². The van der Waals surface area contributed by atoms with E-state index >= 15 is 0 Å². The highest BCUT2D eigenvalue weighted by Crippen LogP contribution is 1.92. The molecule has 0 heterocycles. The molecule has 9 nitrogen and oxygen atoms in total. The average Bonchev–Trinajstić information content (AvgIpc) is 2.56. The number of ether oxygens (including phenoxy) is 1. The number of aliphatic carboxylic acids is 3. The lowest BCUT2D eigenvalue weighted by Gasteiger charge is -2.00. The number of aliphatic hydroxyl groups is 1. The summed E-state index contributed by atoms with van der Waals surface area (Å²) in [6, 6.07) is 0. The summed E-state index contributed by atoms with van der Waals surface area (Å²) in [5, 5.41) is 32.0. The molecule has 0 aliphatic rings. The van der Waals surface area contributed by atoms with Gasteiger partial charge in [0.15, 0.2) is 0 Å². The third kappa shape index (κ3) is 34.2. The van der Waals surface area contributed by atoms with Crippen LogP contribution in [0, 0.1) is 0 Å². The maximum atomic E-state index is 10.6. The van der Waals surface area contributed by atoms with E-state index in [1.165, 1.54) is 20.8 Å². The molecule has 0 aliphatic carbocycles. The van der Waals surface area contributed by atoms with Gasteiger partial charge in [-0.25, -0.2) is 19.2 Å². The average molecular weight is 402 g/mol. The monoisotopic (exact) mass is 402 g/mol. The van der Waals surface area contributed by atoms with E-state index in [0.29, 0.717) is 12.0 Å². The molecule has 0 aromatic rings. The van der Waals surface area contributed by atoms with Gasteiger partial charge >= 0.3 is 23.9 Å². The Morgan fingerprint density at radius 1 is 0.679 bits per heavy atom. The second kappa shape index (κ2) is 20.1. The molecule has 0 saturated carbocycles. The third-order valence-electron chi connectivity index (χ3n) is 1.98. The molecule has 0 unspecified atom stereocenters. The Labute approximate surface area is 165 Å². The molecule has 4 N–H and O–H groups in total. The fourth-order valence-corrected chi connectivity index (χ4v) is 0.353. The summed E-state index contributed by atoms with van der Waals surface area (Å²) in [4.78, 5) is 39.4. The fourth-order valence-electron chi connectivity index (χ4n) is 0.353. The smallest absolute Gasteiger partial charge is 0.333 e. The van der Waals surface area contributed by atoms with Crippen molar-refractivity contribution in [3.8, 4) is 0 Å². The van der Waals surface area contributed by atoms with Crippen LogP contribution in [-0.4, -0.2) is 57.5 Å². The quantitative estimate of drug-likeness (QED) is 0.285. The lowest BCUT2D eigenvalue weighted by molar-refractivity contribution is -0.139. The first-order valence-corrected chi connectivity index (χ1v) is 7.71. The van der Waals surface area contributed by atoms with Gasteiger partial charge in [0.05, 0.1) is 6.61 Å². The first kappa shape index (κ1) is 32.5. The number of hydrogen-bond acceptors (Lipinski definition) is 6. The minimum Gasteiger partial charge on any atom is -0.478 e. The maximum Gasteiger partial charge on any atom is 0.333 e. The molecule has 0 aromatic heterocycles. The normalized spacial score (nSPS) is 8.04. The molecule has 0 fully saturated rings. The Morgan fingerprint density at radius 3 is 1.07 bits per heavy atom. The van der Waals surface area contributed by atoms with Gasteiger partial charge in [0.25, 0.3) is 0 Å². The van der Waals surface area contributed by atoms with Gasteiger partial charge in [-0.3, -0.25) is 0 Å². The van der Waals surface area contributed by atoms with Gasteiger partial charge in [0, 0.05) is 35.3 Å². The van der Waals surface area contributed by atoms with Crippen molar-refractivity contribution in [3.63, 3.8) is 0 Å². The van der Waals surface area contributed by atoms with Crippen molar-refractivity contribution in [2.24, 2.45) is 0 Å². The molecular formula is C19H30O9. The first-order chi connectivity index (χ1) is 12.6. The van der Waals surface area contributed by atoms with Crippen LogP contribution in [-0.2, 0) is 23.9 Å². The number of carboxylic acids is 3. The van der Waals surface area contributed by atoms with E-state index in [9.17, 15) is 19.2 Å². The van der Waals surface area contributed by atoms with Crippen LogP contribution in [0.4, 0.5) is 0 Å². The van der Waals surface area contributed by atoms with E-state index in [2.05, 4.69) is 31.1 Å². The zero-order chi connectivity index (χ0) is 23.4. The van der Waals surface area contributed by atoms with Crippen LogP contribution in [0.3, 0.4) is 0 Å². The number of carbonyl (C=O) groups is 4. The van der Waals surface area contributed by atoms with Crippen LogP contribution in [0.15, 0.2) is 48.6 Å². The van der Waals surface area contributed by atoms with Crippen molar-refractivity contribution < 1.29 is 44.3 Å². The molecule has 9 heteroatoms. The van der Waals surface area contributed by atoms with Crippen LogP contribution >= 0.6 is 0 Å². The van der Waals surface area contributed by atoms with E-state index in [1.54, 1.807) is 6.92 Å². The van der Waals surface area contributed by atoms with Crippen molar-refractivity contribution in [2.45, 2.75) is 34.1 Å². The zero-order valence-electron chi connectivity index (χ0n) is 16.8. The Balaban J connectivity index is -0.000000142. The second-order valence-electron chi connectivity index (χ2n) is 5.25. The standard InChI is InChI=1S/C7H12O3.3C4H6O2/c1-6(2)7(9)10-5-3-4-8;3*1-3(2)4(5)6/h8H,1,3-5H2,2H3;3*1H2,2H3,(H,5,6). The lowest BCUT2D eigenvalue weighted by Crippen LogP contribution is -2.06. The minimum absolute atomic E-state index is 0.0451. The molecule has 0 bridgehead atoms. The molecule has 0 aliphatic heterocycles. The van der Waals surface area contributed by atoms with E-state index < -0.39 is 23.9 Å². The van der Waals surface area contributed by atoms with Crippen LogP contribution in [0.25, 0.3) is 0 Å². The summed E-state index contributed by atoms with van der Waals surface area (Å²) in [7, 11) is 0. The summed E-state index contributed by atoms with van der Waals surface area (Å²) < 4.78 is 4.65. The third-order valence-corrected chi connectivity index (χ3v) is 1.98. The molecular weight excluding hydrogens is 372 g/mol. The van der Waals surface area contributed by atoms with Crippen LogP contribution in [0.2, 0.25) is 0 Å². The number of aliphatic hydroxyl groups excluding tert-OH is 1. The number of carboxylic acid groups (broad SMARTS) is 3. The van der Waals surface area contributed by atoms with Gasteiger partial charge in [-0.15, -0.1) is 0 Å². The van der Waals surface area contributed by atoms with E-state index in [0.717, 1.165) is 0 Å². The Bertz CT molecular complexity index is 493. The summed E-state index contributed by atoms with van der Waals surface area (Å²) in [6.45, 7) is 19.1. The molecule has 28 heavy (non-hydrogen) atoms. The zero-order valence-corrected chi connectivity index (χ0v) is 16.8. The van der Waals surface area contributed by atoms with Crippen molar-refractivity contribution >= 4 is 23.9 Å². The Morgan fingerprint density at radius 2 is 0.929 bits per heavy atom. The maximum absolute atomic E-state index is 10.6. The van der Waals surface area contributed by atoms with Crippen LogP contribution in [0.1, 0.15) is 34.1 Å². The highest BCUT2D eigenvalue weighted by Gasteiger charge is 2.00. The van der Waals surface area contributed by atoms with Gasteiger partial charge in [-0.05, 0) is 27.7 Å². The number of rotatable bonds is 7. The molecule has 160 valence electrons. The molecule has 0 amide bonds. The topological polar surface area (TPSA) is 158 Å². The fraction of sp³-hybridized carbons (Fsp3) is 0.368. The largest absolute Gasteiger partial charge is 0.478 e. The van der Waals surface area contributed by atoms with Crippen molar-refractivity contribution in [1.82, 2.24) is 0 Å². The van der Waals surface area contributed by atoms with E-state index in [-0.39, 0.29) is 29.9 Å². The van der Waals surface area contributed by atoms with Gasteiger partial charge in [0.1, 0.15) is 0 Å². The lowest BCUT2D eigenvalue weighted by atomic mass is 10.4. The van der Waals surface area contributed by atoms with Gasteiger partial charge < -0.3 is 25.2 Å². The molecule has 0 spiro atoms. The Hall–Kier alpha value is -3.20. The Kier molecular flexibility index (Phi) is 23.3. The molecule has 0 aromatic carbocycles. The minimum atomic E-state index is -0.935. The van der Waals surface area contributed by atoms with Crippen LogP contribution < -0.4 is 0 Å². The predicted octanol–water partition coefficient (Wildman–Crippen LogP) is 2.43. The van der Waals surface area contributed by atoms with Crippen molar-refractivity contribution in [3.05, 3.63) is 48.6 Å². The van der Waals surface area contributed by atoms with Gasteiger partial charge in [-0.2, -0.15) is 0 Å². The van der Waals surface area contributed by atoms with E-state index in [4.69, 9.17) is 20.4 Å². The highest BCUT2D eigenvalue weighted by molar-refractivity contribution is 5.87. The molecule has 0 rings (SSSR count). The van der Waals surface area contributed by atoms with Gasteiger partial charge in [-0.1, -0.05) is 26.3 Å². The van der Waals surface area contributed by atoms with E-state index in [1.807, 2.05) is 0 Å². The van der Waals surface area contributed by atoms with Crippen molar-refractivity contribution in [1.29, 1.82) is 0 Å². The van der Waals surface area contributed by atoms with Crippen LogP contribution in [0.5, 0.6) is 0 Å². The molecule has 0 saturated heterocycles. The number of hydrogen-bond donors (Lipinski definition) is 4. The predicted molar refractivity (Wildman–Crippen MR) is 105 cm³/mol. The molecule has 0 atom stereocenters.